The number of aryl methyl sites for hydroxylation is 1. The summed E-state index contributed by atoms with van der Waals surface area (Å²) >= 11 is 0. The third-order valence-electron chi connectivity index (χ3n) is 6.40. The summed E-state index contributed by atoms with van der Waals surface area (Å²) in [7, 11) is 1.51. The van der Waals surface area contributed by atoms with Gasteiger partial charge in [0.25, 0.3) is 11.8 Å². The van der Waals surface area contributed by atoms with Crippen LogP contribution in [0.3, 0.4) is 0 Å². The summed E-state index contributed by atoms with van der Waals surface area (Å²) < 4.78 is 49.3. The second kappa shape index (κ2) is 9.93. The number of furan rings is 1. The quantitative estimate of drug-likeness (QED) is 0.294. The zero-order valence-electron chi connectivity index (χ0n) is 21.3. The summed E-state index contributed by atoms with van der Waals surface area (Å²) in [5, 5.41) is 14.9. The predicted octanol–water partition coefficient (Wildman–Crippen LogP) is 5.08. The molecule has 41 heavy (non-hydrogen) atoms. The van der Waals surface area contributed by atoms with Gasteiger partial charge in [0.15, 0.2) is 17.0 Å². The number of nitrogens with zero attached hydrogens (tertiary/aromatic N) is 5. The van der Waals surface area contributed by atoms with Gasteiger partial charge in [0, 0.05) is 18.7 Å². The molecular formula is C28H20F3N7O3. The molecule has 2 amide bonds. The van der Waals surface area contributed by atoms with Crippen LogP contribution in [0.2, 0.25) is 0 Å². The lowest BCUT2D eigenvalue weighted by atomic mass is 10.0. The van der Waals surface area contributed by atoms with Crippen LogP contribution in [0, 0.1) is 0 Å². The van der Waals surface area contributed by atoms with Crippen molar-refractivity contribution in [1.82, 2.24) is 29.7 Å². The molecule has 0 fully saturated rings. The van der Waals surface area contributed by atoms with E-state index in [1.807, 2.05) is 24.3 Å². The van der Waals surface area contributed by atoms with Gasteiger partial charge in [-0.1, -0.05) is 36.4 Å². The second-order valence-corrected chi connectivity index (χ2v) is 9.13. The molecule has 4 heterocycles. The van der Waals surface area contributed by atoms with Gasteiger partial charge in [-0.3, -0.25) is 14.3 Å². The molecule has 206 valence electrons. The molecule has 0 bridgehead atoms. The number of fused-ring (bicyclic) bond motifs is 2. The van der Waals surface area contributed by atoms with E-state index >= 15 is 0 Å². The summed E-state index contributed by atoms with van der Waals surface area (Å²) in [6.07, 6.45) is -2.06. The average molecular weight is 560 g/mol. The average Bonchev–Trinajstić information content (AvgIpc) is 3.70. The standard InChI is InChI=1S/C28H20F3N7O3/c1-37-25(27(40)32-14-19-7-4-10-41-19)22(15-33-37)35-26(39)21-13-24-34-20(12-23(28(29,30)31)38(24)36-21)18-9-8-16-5-2-3-6-17(16)11-18/h2-13,15H,14H2,1H3,(H,32,40)(H,35,39). The van der Waals surface area contributed by atoms with Gasteiger partial charge in [0.2, 0.25) is 0 Å². The van der Waals surface area contributed by atoms with Crippen molar-refractivity contribution in [1.29, 1.82) is 0 Å². The van der Waals surface area contributed by atoms with Crippen molar-refractivity contribution in [2.24, 2.45) is 7.05 Å². The van der Waals surface area contributed by atoms with Gasteiger partial charge in [-0.15, -0.1) is 0 Å². The fraction of sp³-hybridized carbons (Fsp3) is 0.107. The number of carbonyl (C=O) groups is 2. The van der Waals surface area contributed by atoms with E-state index in [1.165, 1.54) is 24.2 Å². The van der Waals surface area contributed by atoms with Crippen LogP contribution in [-0.2, 0) is 19.8 Å². The van der Waals surface area contributed by atoms with Crippen LogP contribution >= 0.6 is 0 Å². The molecule has 6 aromatic rings. The number of halogens is 3. The van der Waals surface area contributed by atoms with Gasteiger partial charge in [-0.05, 0) is 35.0 Å². The lowest BCUT2D eigenvalue weighted by Gasteiger charge is -2.11. The molecular weight excluding hydrogens is 539 g/mol. The Labute approximate surface area is 229 Å². The molecule has 0 radical (unpaired) electrons. The molecule has 0 unspecified atom stereocenters. The number of anilines is 1. The Morgan fingerprint density at radius 1 is 0.976 bits per heavy atom. The van der Waals surface area contributed by atoms with E-state index in [1.54, 1.807) is 30.3 Å². The minimum absolute atomic E-state index is 0.0290. The largest absolute Gasteiger partial charge is 0.467 e. The summed E-state index contributed by atoms with van der Waals surface area (Å²) in [6, 6.07) is 18.1. The van der Waals surface area contributed by atoms with Crippen LogP contribution in [0.4, 0.5) is 18.9 Å². The number of hydrogen-bond acceptors (Lipinski definition) is 6. The highest BCUT2D eigenvalue weighted by Crippen LogP contribution is 2.33. The SMILES string of the molecule is Cn1ncc(NC(=O)c2cc3nc(-c4ccc5ccccc5c4)cc(C(F)(F)F)n3n2)c1C(=O)NCc1ccco1. The first-order chi connectivity index (χ1) is 19.7. The van der Waals surface area contributed by atoms with Crippen molar-refractivity contribution in [3.63, 3.8) is 0 Å². The Balaban J connectivity index is 1.32. The number of nitrogens with one attached hydrogen (secondary N) is 2. The molecule has 6 rings (SSSR count). The van der Waals surface area contributed by atoms with Crippen molar-refractivity contribution in [2.45, 2.75) is 12.7 Å². The highest BCUT2D eigenvalue weighted by molar-refractivity contribution is 6.07. The molecule has 10 nitrogen and oxygen atoms in total. The van der Waals surface area contributed by atoms with Crippen molar-refractivity contribution < 1.29 is 27.2 Å². The molecule has 2 aromatic carbocycles. The van der Waals surface area contributed by atoms with Gasteiger partial charge in [0.05, 0.1) is 30.4 Å². The van der Waals surface area contributed by atoms with Crippen LogP contribution in [0.5, 0.6) is 0 Å². The van der Waals surface area contributed by atoms with E-state index in [4.69, 9.17) is 4.42 Å². The maximum Gasteiger partial charge on any atom is 0.433 e. The lowest BCUT2D eigenvalue weighted by molar-refractivity contribution is -0.142. The fourth-order valence-corrected chi connectivity index (χ4v) is 4.43. The van der Waals surface area contributed by atoms with Crippen molar-refractivity contribution in [2.75, 3.05) is 5.32 Å². The van der Waals surface area contributed by atoms with Crippen molar-refractivity contribution >= 4 is 33.9 Å². The molecule has 0 atom stereocenters. The predicted molar refractivity (Wildman–Crippen MR) is 142 cm³/mol. The number of rotatable bonds is 6. The first kappa shape index (κ1) is 25.8. The van der Waals surface area contributed by atoms with E-state index in [-0.39, 0.29) is 35.0 Å². The third-order valence-corrected chi connectivity index (χ3v) is 6.40. The summed E-state index contributed by atoms with van der Waals surface area (Å²) in [6.45, 7) is 0.0995. The molecule has 0 saturated carbocycles. The smallest absolute Gasteiger partial charge is 0.433 e. The highest BCUT2D eigenvalue weighted by Gasteiger charge is 2.36. The first-order valence-corrected chi connectivity index (χ1v) is 12.3. The van der Waals surface area contributed by atoms with Crippen LogP contribution in [0.1, 0.15) is 32.4 Å². The van der Waals surface area contributed by atoms with Crippen molar-refractivity contribution in [3.8, 4) is 11.3 Å². The molecule has 0 spiro atoms. The number of alkyl halides is 3. The number of amides is 2. The highest BCUT2D eigenvalue weighted by atomic mass is 19.4. The normalized spacial score (nSPS) is 11.7. The van der Waals surface area contributed by atoms with Gasteiger partial charge >= 0.3 is 6.18 Å². The Kier molecular flexibility index (Phi) is 6.25. The number of hydrogen-bond donors (Lipinski definition) is 2. The van der Waals surface area contributed by atoms with E-state index in [2.05, 4.69) is 25.8 Å². The summed E-state index contributed by atoms with van der Waals surface area (Å²) in [5.74, 6) is -0.872. The molecule has 0 aliphatic rings. The zero-order chi connectivity index (χ0) is 28.7. The Hall–Kier alpha value is -5.46. The number of benzene rings is 2. The van der Waals surface area contributed by atoms with Crippen LogP contribution in [0.25, 0.3) is 27.7 Å². The van der Waals surface area contributed by atoms with Crippen LogP contribution in [-0.4, -0.2) is 36.2 Å². The van der Waals surface area contributed by atoms with Crippen molar-refractivity contribution in [3.05, 3.63) is 102 Å². The van der Waals surface area contributed by atoms with E-state index in [9.17, 15) is 22.8 Å². The Bertz CT molecular complexity index is 1920. The van der Waals surface area contributed by atoms with E-state index < -0.39 is 23.7 Å². The maximum absolute atomic E-state index is 14.1. The zero-order valence-corrected chi connectivity index (χ0v) is 21.3. The summed E-state index contributed by atoms with van der Waals surface area (Å²) in [4.78, 5) is 30.3. The Morgan fingerprint density at radius 2 is 1.78 bits per heavy atom. The number of carbonyl (C=O) groups excluding carboxylic acids is 2. The molecule has 0 aliphatic heterocycles. The van der Waals surface area contributed by atoms with Gasteiger partial charge in [0.1, 0.15) is 11.5 Å². The minimum Gasteiger partial charge on any atom is -0.467 e. The van der Waals surface area contributed by atoms with E-state index in [0.717, 1.165) is 22.9 Å². The maximum atomic E-state index is 14.1. The minimum atomic E-state index is -4.78. The second-order valence-electron chi connectivity index (χ2n) is 9.13. The molecule has 13 heteroatoms. The van der Waals surface area contributed by atoms with Gasteiger partial charge < -0.3 is 15.1 Å². The molecule has 2 N–H and O–H groups in total. The summed E-state index contributed by atoms with van der Waals surface area (Å²) in [5.41, 5.74) is -0.965. The molecule has 4 aromatic heterocycles. The lowest BCUT2D eigenvalue weighted by Crippen LogP contribution is -2.26. The Morgan fingerprint density at radius 3 is 2.54 bits per heavy atom. The van der Waals surface area contributed by atoms with E-state index in [0.29, 0.717) is 15.8 Å². The first-order valence-electron chi connectivity index (χ1n) is 12.3. The fourth-order valence-electron chi connectivity index (χ4n) is 4.43. The third kappa shape index (κ3) is 5.00. The van der Waals surface area contributed by atoms with Gasteiger partial charge in [-0.2, -0.15) is 23.4 Å². The van der Waals surface area contributed by atoms with Crippen LogP contribution < -0.4 is 10.6 Å². The van der Waals surface area contributed by atoms with Gasteiger partial charge in [-0.25, -0.2) is 9.50 Å². The van der Waals surface area contributed by atoms with Crippen LogP contribution in [0.15, 0.2) is 83.6 Å². The molecule has 0 saturated heterocycles. The topological polar surface area (TPSA) is 119 Å². The monoisotopic (exact) mass is 559 g/mol. The number of aromatic nitrogens is 5. The molecule has 0 aliphatic carbocycles.